The number of sulfonamides is 1. The lowest BCUT2D eigenvalue weighted by Gasteiger charge is -2.30. The molecule has 0 aromatic heterocycles. The quantitative estimate of drug-likeness (QED) is 0.776. The Morgan fingerprint density at radius 2 is 1.71 bits per heavy atom. The molecule has 1 aromatic carbocycles. The smallest absolute Gasteiger partial charge is 0.297 e. The van der Waals surface area contributed by atoms with Gasteiger partial charge in [0, 0.05) is 25.2 Å². The van der Waals surface area contributed by atoms with Gasteiger partial charge in [-0.15, -0.1) is 0 Å². The lowest BCUT2D eigenvalue weighted by molar-refractivity contribution is -0.137. The Bertz CT molecular complexity index is 653. The van der Waals surface area contributed by atoms with Crippen LogP contribution < -0.4 is 4.72 Å². The maximum Gasteiger partial charge on any atom is 0.417 e. The molecule has 24 heavy (non-hydrogen) atoms. The molecule has 1 N–H and O–H groups in total. The minimum atomic E-state index is -4.71. The van der Waals surface area contributed by atoms with Crippen molar-refractivity contribution in [2.75, 3.05) is 13.1 Å². The maximum atomic E-state index is 12.8. The number of hydrogen-bond donors (Lipinski definition) is 1. The Balaban J connectivity index is 2.90. The molecule has 0 saturated carbocycles. The lowest BCUT2D eigenvalue weighted by atomic mass is 10.2. The Hall–Kier alpha value is -0.830. The lowest BCUT2D eigenvalue weighted by Crippen LogP contribution is -2.42. The van der Waals surface area contributed by atoms with Crippen molar-refractivity contribution in [2.45, 2.75) is 50.9 Å². The topological polar surface area (TPSA) is 49.4 Å². The van der Waals surface area contributed by atoms with E-state index in [1.165, 1.54) is 0 Å². The summed E-state index contributed by atoms with van der Waals surface area (Å²) in [5, 5.41) is -0.535. The van der Waals surface area contributed by atoms with Crippen molar-refractivity contribution in [3.63, 3.8) is 0 Å². The minimum absolute atomic E-state index is 0.0999. The van der Waals surface area contributed by atoms with E-state index in [2.05, 4.69) is 9.62 Å². The Morgan fingerprint density at radius 1 is 1.17 bits per heavy atom. The number of nitrogens with one attached hydrogen (secondary N) is 1. The second kappa shape index (κ2) is 8.03. The van der Waals surface area contributed by atoms with Crippen molar-refractivity contribution in [3.05, 3.63) is 28.8 Å². The summed E-state index contributed by atoms with van der Waals surface area (Å²) >= 11 is 5.50. The Labute approximate surface area is 146 Å². The monoisotopic (exact) mass is 386 g/mol. The first kappa shape index (κ1) is 21.2. The second-order valence-corrected chi connectivity index (χ2v) is 8.14. The molecule has 0 heterocycles. The summed E-state index contributed by atoms with van der Waals surface area (Å²) in [7, 11) is -4.04. The third-order valence-corrected chi connectivity index (χ3v) is 5.33. The predicted molar refractivity (Wildman–Crippen MR) is 88.6 cm³/mol. The van der Waals surface area contributed by atoms with Crippen LogP contribution in [0, 0.1) is 0 Å². The Morgan fingerprint density at radius 3 is 2.17 bits per heavy atom. The SMILES string of the molecule is CC(C)N(CCNS(=O)(=O)c1ccc(Cl)c(C(F)(F)F)c1)C(C)C. The Kier molecular flexibility index (Phi) is 7.10. The van der Waals surface area contributed by atoms with Crippen LogP contribution >= 0.6 is 11.6 Å². The molecule has 0 aliphatic heterocycles. The fraction of sp³-hybridized carbons (Fsp3) is 0.600. The van der Waals surface area contributed by atoms with E-state index in [1.54, 1.807) is 0 Å². The maximum absolute atomic E-state index is 12.8. The molecule has 0 atom stereocenters. The molecular weight excluding hydrogens is 365 g/mol. The van der Waals surface area contributed by atoms with Crippen LogP contribution in [0.2, 0.25) is 5.02 Å². The number of benzene rings is 1. The van der Waals surface area contributed by atoms with Crippen molar-refractivity contribution in [3.8, 4) is 0 Å². The summed E-state index contributed by atoms with van der Waals surface area (Å²) in [6.45, 7) is 8.51. The molecule has 0 fully saturated rings. The molecule has 0 spiro atoms. The molecule has 0 aliphatic carbocycles. The minimum Gasteiger partial charge on any atom is -0.297 e. The van der Waals surface area contributed by atoms with Crippen LogP contribution in [-0.2, 0) is 16.2 Å². The first-order chi connectivity index (χ1) is 10.9. The molecule has 0 radical (unpaired) electrons. The van der Waals surface area contributed by atoms with E-state index in [0.29, 0.717) is 12.6 Å². The van der Waals surface area contributed by atoms with Crippen LogP contribution in [0.4, 0.5) is 13.2 Å². The van der Waals surface area contributed by atoms with E-state index >= 15 is 0 Å². The first-order valence-electron chi connectivity index (χ1n) is 7.48. The average molecular weight is 387 g/mol. The fourth-order valence-corrected chi connectivity index (χ4v) is 3.67. The van der Waals surface area contributed by atoms with Gasteiger partial charge in [-0.2, -0.15) is 13.2 Å². The van der Waals surface area contributed by atoms with Gasteiger partial charge in [0.1, 0.15) is 0 Å². The van der Waals surface area contributed by atoms with Gasteiger partial charge in [-0.25, -0.2) is 13.1 Å². The van der Waals surface area contributed by atoms with E-state index in [-0.39, 0.29) is 18.6 Å². The zero-order chi connectivity index (χ0) is 18.7. The van der Waals surface area contributed by atoms with Gasteiger partial charge in [0.05, 0.1) is 15.5 Å². The second-order valence-electron chi connectivity index (χ2n) is 5.96. The van der Waals surface area contributed by atoms with Gasteiger partial charge < -0.3 is 0 Å². The highest BCUT2D eigenvalue weighted by Gasteiger charge is 2.34. The third-order valence-electron chi connectivity index (χ3n) is 3.54. The molecule has 1 rings (SSSR count). The van der Waals surface area contributed by atoms with Crippen LogP contribution in [0.5, 0.6) is 0 Å². The van der Waals surface area contributed by atoms with Gasteiger partial charge in [-0.1, -0.05) is 11.6 Å². The van der Waals surface area contributed by atoms with Crippen LogP contribution in [0.15, 0.2) is 23.1 Å². The molecule has 0 aliphatic rings. The largest absolute Gasteiger partial charge is 0.417 e. The molecule has 4 nitrogen and oxygen atoms in total. The number of alkyl halides is 3. The molecule has 0 saturated heterocycles. The van der Waals surface area contributed by atoms with E-state index < -0.39 is 31.7 Å². The van der Waals surface area contributed by atoms with Gasteiger partial charge in [-0.3, -0.25) is 4.90 Å². The van der Waals surface area contributed by atoms with E-state index in [9.17, 15) is 21.6 Å². The summed E-state index contributed by atoms with van der Waals surface area (Å²) in [6, 6.07) is 2.99. The molecule has 0 unspecified atom stereocenters. The van der Waals surface area contributed by atoms with Crippen LogP contribution in [0.25, 0.3) is 0 Å². The molecule has 9 heteroatoms. The van der Waals surface area contributed by atoms with Crippen molar-refractivity contribution in [1.82, 2.24) is 9.62 Å². The highest BCUT2D eigenvalue weighted by Crippen LogP contribution is 2.35. The normalized spacial score (nSPS) is 13.3. The van der Waals surface area contributed by atoms with E-state index in [0.717, 1.165) is 12.1 Å². The van der Waals surface area contributed by atoms with Crippen molar-refractivity contribution < 1.29 is 21.6 Å². The number of hydrogen-bond acceptors (Lipinski definition) is 3. The van der Waals surface area contributed by atoms with E-state index in [4.69, 9.17) is 11.6 Å². The summed E-state index contributed by atoms with van der Waals surface area (Å²) in [5.74, 6) is 0. The number of nitrogens with zero attached hydrogens (tertiary/aromatic N) is 1. The van der Waals surface area contributed by atoms with Gasteiger partial charge in [0.25, 0.3) is 0 Å². The highest BCUT2D eigenvalue weighted by atomic mass is 35.5. The summed E-state index contributed by atoms with van der Waals surface area (Å²) < 4.78 is 65.3. The van der Waals surface area contributed by atoms with Gasteiger partial charge in [0.2, 0.25) is 10.0 Å². The fourth-order valence-electron chi connectivity index (χ4n) is 2.39. The van der Waals surface area contributed by atoms with E-state index in [1.807, 2.05) is 27.7 Å². The van der Waals surface area contributed by atoms with Crippen LogP contribution in [-0.4, -0.2) is 38.5 Å². The average Bonchev–Trinajstić information content (AvgIpc) is 2.41. The summed E-state index contributed by atoms with van der Waals surface area (Å²) in [6.07, 6.45) is -4.71. The van der Waals surface area contributed by atoms with Crippen molar-refractivity contribution in [2.24, 2.45) is 0 Å². The van der Waals surface area contributed by atoms with Crippen molar-refractivity contribution in [1.29, 1.82) is 0 Å². The standard InChI is InChI=1S/C15H22ClF3N2O2S/c1-10(2)21(11(3)4)8-7-20-24(22,23)12-5-6-14(16)13(9-12)15(17,18)19/h5-6,9-11,20H,7-8H2,1-4H3. The highest BCUT2D eigenvalue weighted by molar-refractivity contribution is 7.89. The van der Waals surface area contributed by atoms with Crippen LogP contribution in [0.1, 0.15) is 33.3 Å². The molecule has 138 valence electrons. The van der Waals surface area contributed by atoms with Crippen LogP contribution in [0.3, 0.4) is 0 Å². The van der Waals surface area contributed by atoms with Crippen molar-refractivity contribution >= 4 is 21.6 Å². The van der Waals surface area contributed by atoms with Gasteiger partial charge in [-0.05, 0) is 45.9 Å². The molecule has 0 bridgehead atoms. The number of halogens is 4. The molecular formula is C15H22ClF3N2O2S. The predicted octanol–water partition coefficient (Wildman–Crippen LogP) is 3.76. The first-order valence-corrected chi connectivity index (χ1v) is 9.34. The molecule has 1 aromatic rings. The van der Waals surface area contributed by atoms with Gasteiger partial charge >= 0.3 is 6.18 Å². The zero-order valence-electron chi connectivity index (χ0n) is 14.0. The molecule has 0 amide bonds. The third kappa shape index (κ3) is 5.61. The summed E-state index contributed by atoms with van der Waals surface area (Å²) in [5.41, 5.74) is -1.17. The van der Waals surface area contributed by atoms with Gasteiger partial charge in [0.15, 0.2) is 0 Å². The zero-order valence-corrected chi connectivity index (χ0v) is 15.6. The summed E-state index contributed by atoms with van der Waals surface area (Å²) in [4.78, 5) is 1.62. The number of rotatable bonds is 7.